The molecule has 0 aliphatic carbocycles. The molecule has 1 aliphatic heterocycles. The van der Waals surface area contributed by atoms with Gasteiger partial charge in [0.05, 0.1) is 23.2 Å². The topological polar surface area (TPSA) is 29.5 Å². The fraction of sp³-hybridized carbons (Fsp3) is 0.400. The summed E-state index contributed by atoms with van der Waals surface area (Å²) < 4.78 is 5.03. The quantitative estimate of drug-likeness (QED) is 0.625. The Morgan fingerprint density at radius 1 is 1.42 bits per heavy atom. The zero-order valence-electron chi connectivity index (χ0n) is 11.2. The Balaban J connectivity index is 2.16. The maximum Gasteiger partial charge on any atom is 0.313 e. The van der Waals surface area contributed by atoms with Crippen molar-refractivity contribution in [3.63, 3.8) is 0 Å². The van der Waals surface area contributed by atoms with Crippen LogP contribution in [0, 0.1) is 0 Å². The highest BCUT2D eigenvalue weighted by molar-refractivity contribution is 6.33. The van der Waals surface area contributed by atoms with Crippen LogP contribution in [-0.2, 0) is 9.53 Å². The van der Waals surface area contributed by atoms with Crippen LogP contribution in [0.3, 0.4) is 0 Å². The Morgan fingerprint density at radius 2 is 2.11 bits per heavy atom. The smallest absolute Gasteiger partial charge is 0.313 e. The zero-order valence-corrected chi connectivity index (χ0v) is 12.0. The molecule has 1 aromatic rings. The lowest BCUT2D eigenvalue weighted by molar-refractivity contribution is -0.144. The molecule has 0 N–H and O–H groups in total. The molecule has 0 fully saturated rings. The number of nitrogens with zero attached hydrogens (tertiary/aromatic N) is 1. The zero-order chi connectivity index (χ0) is 13.8. The normalized spacial score (nSPS) is 15.6. The number of carbonyl (C=O) groups excluding carboxylic acids is 1. The lowest BCUT2D eigenvalue weighted by Gasteiger charge is -2.20. The Kier molecular flexibility index (Phi) is 4.48. The second kappa shape index (κ2) is 6.11. The monoisotopic (exact) mass is 279 g/mol. The second-order valence-corrected chi connectivity index (χ2v) is 4.97. The standard InChI is InChI=1S/C15H18ClNO2/c1-3-19-15(18)11(2)12-6-7-14(13(16)10-12)17-8-4-5-9-17/h4-7,10-11H,3,8-9H2,1-2H3. The van der Waals surface area contributed by atoms with Crippen LogP contribution < -0.4 is 4.90 Å². The molecule has 0 saturated carbocycles. The number of rotatable bonds is 4. The average molecular weight is 280 g/mol. The molecule has 0 bridgehead atoms. The lowest BCUT2D eigenvalue weighted by atomic mass is 10.0. The minimum absolute atomic E-state index is 0.214. The van der Waals surface area contributed by atoms with Crippen molar-refractivity contribution in [2.75, 3.05) is 24.6 Å². The van der Waals surface area contributed by atoms with Crippen molar-refractivity contribution in [3.05, 3.63) is 40.9 Å². The highest BCUT2D eigenvalue weighted by atomic mass is 35.5. The molecule has 2 rings (SSSR count). The molecule has 102 valence electrons. The first-order valence-corrected chi connectivity index (χ1v) is 6.87. The summed E-state index contributed by atoms with van der Waals surface area (Å²) in [5, 5.41) is 0.678. The molecule has 4 heteroatoms. The molecule has 1 atom stereocenters. The van der Waals surface area contributed by atoms with Crippen molar-refractivity contribution < 1.29 is 9.53 Å². The van der Waals surface area contributed by atoms with E-state index >= 15 is 0 Å². The van der Waals surface area contributed by atoms with Crippen molar-refractivity contribution in [1.29, 1.82) is 0 Å². The van der Waals surface area contributed by atoms with Gasteiger partial charge in [0, 0.05) is 13.1 Å². The van der Waals surface area contributed by atoms with Crippen molar-refractivity contribution in [2.24, 2.45) is 0 Å². The van der Waals surface area contributed by atoms with E-state index in [1.165, 1.54) is 0 Å². The first-order chi connectivity index (χ1) is 9.13. The number of esters is 1. The van der Waals surface area contributed by atoms with Gasteiger partial charge in [-0.25, -0.2) is 0 Å². The van der Waals surface area contributed by atoms with Crippen LogP contribution in [0.25, 0.3) is 0 Å². The van der Waals surface area contributed by atoms with Gasteiger partial charge in [-0.3, -0.25) is 4.79 Å². The first-order valence-electron chi connectivity index (χ1n) is 6.49. The molecule has 0 radical (unpaired) electrons. The Hall–Kier alpha value is -1.48. The van der Waals surface area contributed by atoms with Gasteiger partial charge in [0.15, 0.2) is 0 Å². The highest BCUT2D eigenvalue weighted by Gasteiger charge is 2.19. The van der Waals surface area contributed by atoms with Gasteiger partial charge in [0.25, 0.3) is 0 Å². The molecule has 0 saturated heterocycles. The minimum Gasteiger partial charge on any atom is -0.466 e. The van der Waals surface area contributed by atoms with Gasteiger partial charge in [-0.2, -0.15) is 0 Å². The minimum atomic E-state index is -0.289. The third-order valence-electron chi connectivity index (χ3n) is 3.27. The lowest BCUT2D eigenvalue weighted by Crippen LogP contribution is -2.19. The number of anilines is 1. The van der Waals surface area contributed by atoms with E-state index in [0.717, 1.165) is 24.3 Å². The van der Waals surface area contributed by atoms with Gasteiger partial charge in [-0.05, 0) is 31.5 Å². The third kappa shape index (κ3) is 3.10. The van der Waals surface area contributed by atoms with E-state index < -0.39 is 0 Å². The number of ether oxygens (including phenoxy) is 1. The fourth-order valence-electron chi connectivity index (χ4n) is 2.13. The molecule has 0 spiro atoms. The third-order valence-corrected chi connectivity index (χ3v) is 3.57. The maximum absolute atomic E-state index is 11.7. The van der Waals surface area contributed by atoms with Crippen LogP contribution in [0.2, 0.25) is 5.02 Å². The molecule has 19 heavy (non-hydrogen) atoms. The number of hydrogen-bond acceptors (Lipinski definition) is 3. The van der Waals surface area contributed by atoms with Crippen molar-refractivity contribution in [1.82, 2.24) is 0 Å². The molecular formula is C15H18ClNO2. The fourth-order valence-corrected chi connectivity index (χ4v) is 2.44. The van der Waals surface area contributed by atoms with Gasteiger partial charge in [0.1, 0.15) is 0 Å². The van der Waals surface area contributed by atoms with Crippen molar-refractivity contribution in [3.8, 4) is 0 Å². The summed E-state index contributed by atoms with van der Waals surface area (Å²) in [6.07, 6.45) is 4.23. The average Bonchev–Trinajstić information content (AvgIpc) is 2.91. The largest absolute Gasteiger partial charge is 0.466 e. The maximum atomic E-state index is 11.7. The molecule has 1 aromatic carbocycles. The van der Waals surface area contributed by atoms with Crippen LogP contribution in [0.5, 0.6) is 0 Å². The number of halogens is 1. The van der Waals surface area contributed by atoms with E-state index in [1.54, 1.807) is 6.92 Å². The van der Waals surface area contributed by atoms with E-state index in [4.69, 9.17) is 16.3 Å². The predicted octanol–water partition coefficient (Wildman–Crippen LogP) is 3.38. The summed E-state index contributed by atoms with van der Waals surface area (Å²) >= 11 is 6.31. The van der Waals surface area contributed by atoms with Crippen LogP contribution >= 0.6 is 11.6 Å². The van der Waals surface area contributed by atoms with E-state index in [0.29, 0.717) is 11.6 Å². The molecule has 0 aromatic heterocycles. The number of hydrogen-bond donors (Lipinski definition) is 0. The summed E-state index contributed by atoms with van der Waals surface area (Å²) in [6, 6.07) is 5.78. The summed E-state index contributed by atoms with van der Waals surface area (Å²) in [5.74, 6) is -0.502. The molecule has 1 aliphatic rings. The number of benzene rings is 1. The Morgan fingerprint density at radius 3 is 2.68 bits per heavy atom. The van der Waals surface area contributed by atoms with E-state index in [9.17, 15) is 4.79 Å². The summed E-state index contributed by atoms with van der Waals surface area (Å²) in [5.41, 5.74) is 1.89. The molecule has 1 unspecified atom stereocenters. The van der Waals surface area contributed by atoms with Crippen LogP contribution in [0.4, 0.5) is 5.69 Å². The molecule has 0 amide bonds. The van der Waals surface area contributed by atoms with Crippen molar-refractivity contribution >= 4 is 23.3 Å². The SMILES string of the molecule is CCOC(=O)C(C)c1ccc(N2CC=CC2)c(Cl)c1. The number of carbonyl (C=O) groups is 1. The van der Waals surface area contributed by atoms with Crippen molar-refractivity contribution in [2.45, 2.75) is 19.8 Å². The van der Waals surface area contributed by atoms with Crippen LogP contribution in [0.1, 0.15) is 25.3 Å². The first kappa shape index (κ1) is 13.9. The molecule has 1 heterocycles. The Labute approximate surface area is 118 Å². The van der Waals surface area contributed by atoms with E-state index in [2.05, 4.69) is 17.1 Å². The Bertz CT molecular complexity index is 491. The van der Waals surface area contributed by atoms with E-state index in [1.807, 2.05) is 25.1 Å². The highest BCUT2D eigenvalue weighted by Crippen LogP contribution is 2.30. The van der Waals surface area contributed by atoms with Gasteiger partial charge in [-0.15, -0.1) is 0 Å². The van der Waals surface area contributed by atoms with Crippen LogP contribution in [-0.4, -0.2) is 25.7 Å². The summed E-state index contributed by atoms with van der Waals surface area (Å²) in [6.45, 7) is 5.80. The van der Waals surface area contributed by atoms with E-state index in [-0.39, 0.29) is 11.9 Å². The van der Waals surface area contributed by atoms with Gasteiger partial charge in [-0.1, -0.05) is 29.8 Å². The second-order valence-electron chi connectivity index (χ2n) is 4.56. The predicted molar refractivity (Wildman–Crippen MR) is 77.9 cm³/mol. The van der Waals surface area contributed by atoms with Gasteiger partial charge < -0.3 is 9.64 Å². The summed E-state index contributed by atoms with van der Waals surface area (Å²) in [4.78, 5) is 13.9. The van der Waals surface area contributed by atoms with Gasteiger partial charge >= 0.3 is 5.97 Å². The molecule has 3 nitrogen and oxygen atoms in total. The summed E-state index contributed by atoms with van der Waals surface area (Å²) in [7, 11) is 0. The van der Waals surface area contributed by atoms with Crippen LogP contribution in [0.15, 0.2) is 30.4 Å². The van der Waals surface area contributed by atoms with Gasteiger partial charge in [0.2, 0.25) is 0 Å². The molecular weight excluding hydrogens is 262 g/mol.